The van der Waals surface area contributed by atoms with Gasteiger partial charge in [0.05, 0.1) is 11.3 Å². The monoisotopic (exact) mass is 276 g/mol. The van der Waals surface area contributed by atoms with E-state index in [0.717, 1.165) is 31.0 Å². The van der Waals surface area contributed by atoms with Crippen LogP contribution in [0, 0.1) is 6.92 Å². The van der Waals surface area contributed by atoms with E-state index in [0.29, 0.717) is 5.56 Å². The second-order valence-corrected chi connectivity index (χ2v) is 5.50. The van der Waals surface area contributed by atoms with E-state index in [4.69, 9.17) is 0 Å². The SMILES string of the molecule is CNc1cc(C)ncc1C(=O)NC(C)CN1CCCC1. The van der Waals surface area contributed by atoms with Gasteiger partial charge in [-0.2, -0.15) is 0 Å². The van der Waals surface area contributed by atoms with E-state index in [9.17, 15) is 4.79 Å². The Kier molecular flexibility index (Phi) is 4.95. The van der Waals surface area contributed by atoms with Crippen molar-refractivity contribution in [1.29, 1.82) is 0 Å². The van der Waals surface area contributed by atoms with Crippen LogP contribution in [0.5, 0.6) is 0 Å². The molecule has 1 atom stereocenters. The molecule has 0 aromatic carbocycles. The van der Waals surface area contributed by atoms with Gasteiger partial charge >= 0.3 is 0 Å². The van der Waals surface area contributed by atoms with Crippen molar-refractivity contribution in [2.45, 2.75) is 32.7 Å². The quantitative estimate of drug-likeness (QED) is 0.858. The molecule has 5 heteroatoms. The van der Waals surface area contributed by atoms with Crippen LogP contribution in [-0.2, 0) is 0 Å². The summed E-state index contributed by atoms with van der Waals surface area (Å²) in [6, 6.07) is 2.03. The van der Waals surface area contributed by atoms with Gasteiger partial charge in [0, 0.05) is 31.5 Å². The number of hydrogen-bond acceptors (Lipinski definition) is 4. The Hall–Kier alpha value is -1.62. The molecule has 2 rings (SSSR count). The Bertz CT molecular complexity index is 469. The summed E-state index contributed by atoms with van der Waals surface area (Å²) in [6.45, 7) is 7.18. The summed E-state index contributed by atoms with van der Waals surface area (Å²) in [4.78, 5) is 18.9. The highest BCUT2D eigenvalue weighted by Gasteiger charge is 2.18. The number of carbonyl (C=O) groups is 1. The topological polar surface area (TPSA) is 57.3 Å². The molecule has 5 nitrogen and oxygen atoms in total. The van der Waals surface area contributed by atoms with Crippen LogP contribution in [0.1, 0.15) is 35.8 Å². The predicted octanol–water partition coefficient (Wildman–Crippen LogP) is 1.65. The molecule has 1 fully saturated rings. The molecule has 1 saturated heterocycles. The Balaban J connectivity index is 1.96. The molecule has 110 valence electrons. The van der Waals surface area contributed by atoms with Crippen molar-refractivity contribution in [1.82, 2.24) is 15.2 Å². The zero-order valence-electron chi connectivity index (χ0n) is 12.6. The highest BCUT2D eigenvalue weighted by Crippen LogP contribution is 2.15. The molecule has 1 aromatic heterocycles. The molecule has 0 aliphatic carbocycles. The van der Waals surface area contributed by atoms with Crippen molar-refractivity contribution < 1.29 is 4.79 Å². The van der Waals surface area contributed by atoms with Crippen LogP contribution in [0.25, 0.3) is 0 Å². The number of aryl methyl sites for hydroxylation is 1. The lowest BCUT2D eigenvalue weighted by Crippen LogP contribution is -2.41. The molecule has 2 N–H and O–H groups in total. The molecule has 0 saturated carbocycles. The maximum atomic E-state index is 12.3. The van der Waals surface area contributed by atoms with Gasteiger partial charge in [0.25, 0.3) is 5.91 Å². The number of pyridine rings is 1. The van der Waals surface area contributed by atoms with Crippen LogP contribution in [0.15, 0.2) is 12.3 Å². The Morgan fingerprint density at radius 1 is 1.45 bits per heavy atom. The number of amides is 1. The Morgan fingerprint density at radius 2 is 2.15 bits per heavy atom. The van der Waals surface area contributed by atoms with Crippen LogP contribution < -0.4 is 10.6 Å². The molecule has 1 unspecified atom stereocenters. The summed E-state index contributed by atoms with van der Waals surface area (Å²) in [7, 11) is 1.82. The molecule has 0 radical (unpaired) electrons. The van der Waals surface area contributed by atoms with E-state index in [1.54, 1.807) is 6.20 Å². The van der Waals surface area contributed by atoms with Gasteiger partial charge in [0.1, 0.15) is 0 Å². The van der Waals surface area contributed by atoms with E-state index < -0.39 is 0 Å². The number of nitrogens with one attached hydrogen (secondary N) is 2. The van der Waals surface area contributed by atoms with E-state index in [-0.39, 0.29) is 11.9 Å². The second-order valence-electron chi connectivity index (χ2n) is 5.50. The van der Waals surface area contributed by atoms with E-state index in [2.05, 4.69) is 27.4 Å². The highest BCUT2D eigenvalue weighted by molar-refractivity contribution is 5.99. The summed E-state index contributed by atoms with van der Waals surface area (Å²) in [6.07, 6.45) is 4.18. The average molecular weight is 276 g/mol. The highest BCUT2D eigenvalue weighted by atomic mass is 16.1. The predicted molar refractivity (Wildman–Crippen MR) is 81.1 cm³/mol. The summed E-state index contributed by atoms with van der Waals surface area (Å²) < 4.78 is 0. The van der Waals surface area contributed by atoms with Gasteiger partial charge < -0.3 is 15.5 Å². The van der Waals surface area contributed by atoms with Crippen LogP contribution in [0.2, 0.25) is 0 Å². The minimum absolute atomic E-state index is 0.0615. The smallest absolute Gasteiger partial charge is 0.255 e. The maximum Gasteiger partial charge on any atom is 0.255 e. The van der Waals surface area contributed by atoms with Crippen LogP contribution in [0.4, 0.5) is 5.69 Å². The summed E-state index contributed by atoms with van der Waals surface area (Å²) in [5.74, 6) is -0.0615. The van der Waals surface area contributed by atoms with Crippen LogP contribution >= 0.6 is 0 Å². The number of likely N-dealkylation sites (tertiary alicyclic amines) is 1. The lowest BCUT2D eigenvalue weighted by molar-refractivity contribution is 0.0932. The first kappa shape index (κ1) is 14.8. The number of rotatable bonds is 5. The average Bonchev–Trinajstić information content (AvgIpc) is 2.90. The van der Waals surface area contributed by atoms with Crippen molar-refractivity contribution in [3.8, 4) is 0 Å². The summed E-state index contributed by atoms with van der Waals surface area (Å²) in [5, 5.41) is 6.11. The van der Waals surface area contributed by atoms with Crippen molar-refractivity contribution >= 4 is 11.6 Å². The zero-order valence-corrected chi connectivity index (χ0v) is 12.6. The molecule has 1 aliphatic heterocycles. The molecule has 1 aromatic rings. The Labute approximate surface area is 120 Å². The maximum absolute atomic E-state index is 12.3. The van der Waals surface area contributed by atoms with Crippen molar-refractivity contribution in [3.05, 3.63) is 23.5 Å². The first-order valence-electron chi connectivity index (χ1n) is 7.27. The minimum Gasteiger partial charge on any atom is -0.387 e. The molecule has 20 heavy (non-hydrogen) atoms. The molecular formula is C15H24N4O. The van der Waals surface area contributed by atoms with E-state index in [1.165, 1.54) is 12.8 Å². The van der Waals surface area contributed by atoms with Gasteiger partial charge in [-0.05, 0) is 45.8 Å². The molecule has 2 heterocycles. The lowest BCUT2D eigenvalue weighted by atomic mass is 10.2. The normalized spacial score (nSPS) is 16.9. The number of aromatic nitrogens is 1. The van der Waals surface area contributed by atoms with Gasteiger partial charge in [-0.3, -0.25) is 9.78 Å². The first-order valence-corrected chi connectivity index (χ1v) is 7.27. The van der Waals surface area contributed by atoms with Crippen LogP contribution in [0.3, 0.4) is 0 Å². The molecular weight excluding hydrogens is 252 g/mol. The van der Waals surface area contributed by atoms with Crippen molar-refractivity contribution in [3.63, 3.8) is 0 Å². The van der Waals surface area contributed by atoms with Crippen LogP contribution in [-0.4, -0.2) is 48.5 Å². The number of carbonyl (C=O) groups excluding carboxylic acids is 1. The summed E-state index contributed by atoms with van der Waals surface area (Å²) >= 11 is 0. The third-order valence-electron chi connectivity index (χ3n) is 3.66. The van der Waals surface area contributed by atoms with Gasteiger partial charge in [-0.25, -0.2) is 0 Å². The number of nitrogens with zero attached hydrogens (tertiary/aromatic N) is 2. The zero-order chi connectivity index (χ0) is 14.5. The number of anilines is 1. The molecule has 1 amide bonds. The van der Waals surface area contributed by atoms with Gasteiger partial charge in [-0.15, -0.1) is 0 Å². The number of hydrogen-bond donors (Lipinski definition) is 2. The molecule has 0 bridgehead atoms. The second kappa shape index (κ2) is 6.70. The fourth-order valence-electron chi connectivity index (χ4n) is 2.65. The third kappa shape index (κ3) is 3.70. The minimum atomic E-state index is -0.0615. The van der Waals surface area contributed by atoms with Gasteiger partial charge in [0.2, 0.25) is 0 Å². The standard InChI is InChI=1S/C15H24N4O/c1-11-8-14(16-3)13(9-17-11)15(20)18-12(2)10-19-6-4-5-7-19/h8-9,12H,4-7,10H2,1-3H3,(H,16,17)(H,18,20). The largest absolute Gasteiger partial charge is 0.387 e. The van der Waals surface area contributed by atoms with E-state index in [1.807, 2.05) is 20.0 Å². The summed E-state index contributed by atoms with van der Waals surface area (Å²) in [5.41, 5.74) is 2.32. The van der Waals surface area contributed by atoms with Crippen molar-refractivity contribution in [2.24, 2.45) is 0 Å². The van der Waals surface area contributed by atoms with Gasteiger partial charge in [-0.1, -0.05) is 0 Å². The fourth-order valence-corrected chi connectivity index (χ4v) is 2.65. The third-order valence-corrected chi connectivity index (χ3v) is 3.66. The first-order chi connectivity index (χ1) is 9.60. The van der Waals surface area contributed by atoms with Crippen molar-refractivity contribution in [2.75, 3.05) is 32.0 Å². The lowest BCUT2D eigenvalue weighted by Gasteiger charge is -2.21. The molecule has 0 spiro atoms. The molecule has 1 aliphatic rings. The van der Waals surface area contributed by atoms with Gasteiger partial charge in [0.15, 0.2) is 0 Å². The fraction of sp³-hybridized carbons (Fsp3) is 0.600. The van der Waals surface area contributed by atoms with E-state index >= 15 is 0 Å². The Morgan fingerprint density at radius 3 is 2.80 bits per heavy atom.